The minimum atomic E-state index is -0.541. The van der Waals surface area contributed by atoms with E-state index in [9.17, 15) is 4.79 Å². The molecule has 0 bridgehead atoms. The monoisotopic (exact) mass is 402 g/mol. The molecular formula is C18H18N4O5S. The number of benzene rings is 1. The van der Waals surface area contributed by atoms with Crippen LogP contribution in [-0.2, 0) is 11.3 Å². The number of nitrogens with zero attached hydrogens (tertiary/aromatic N) is 3. The van der Waals surface area contributed by atoms with Crippen LogP contribution >= 0.6 is 12.2 Å². The van der Waals surface area contributed by atoms with Gasteiger partial charge in [-0.3, -0.25) is 5.10 Å². The van der Waals surface area contributed by atoms with Gasteiger partial charge >= 0.3 is 5.97 Å². The van der Waals surface area contributed by atoms with Gasteiger partial charge in [0.2, 0.25) is 10.5 Å². The summed E-state index contributed by atoms with van der Waals surface area (Å²) in [5.41, 5.74) is 0.790. The molecule has 0 aliphatic rings. The Morgan fingerprint density at radius 3 is 2.82 bits per heavy atom. The third kappa shape index (κ3) is 4.29. The van der Waals surface area contributed by atoms with E-state index in [1.807, 2.05) is 6.07 Å². The molecule has 3 aromatic rings. The summed E-state index contributed by atoms with van der Waals surface area (Å²) in [5, 5.41) is 11.0. The Hall–Kier alpha value is -3.40. The summed E-state index contributed by atoms with van der Waals surface area (Å²) in [6.45, 7) is 1.92. The molecule has 146 valence electrons. The van der Waals surface area contributed by atoms with Crippen LogP contribution in [-0.4, -0.2) is 41.3 Å². The molecule has 0 aliphatic heterocycles. The highest BCUT2D eigenvalue weighted by Gasteiger charge is 2.12. The van der Waals surface area contributed by atoms with Crippen molar-refractivity contribution in [2.75, 3.05) is 14.2 Å². The number of methoxy groups -OCH3 is 2. The molecule has 2 heterocycles. The van der Waals surface area contributed by atoms with Crippen molar-refractivity contribution < 1.29 is 23.4 Å². The van der Waals surface area contributed by atoms with Gasteiger partial charge in [0.05, 0.1) is 20.4 Å². The van der Waals surface area contributed by atoms with Gasteiger partial charge < -0.3 is 18.6 Å². The van der Waals surface area contributed by atoms with Crippen molar-refractivity contribution in [2.24, 2.45) is 5.10 Å². The van der Waals surface area contributed by atoms with Gasteiger partial charge in [0.25, 0.3) is 0 Å². The fourth-order valence-electron chi connectivity index (χ4n) is 2.33. The molecule has 0 unspecified atom stereocenters. The standard InChI is InChI=1S/C18H18N4O5S/c1-11-20-21-18(28)22(11)19-9-12-4-6-14(16(8-12)24-2)26-10-13-5-7-15(27-13)17(23)25-3/h4-9H,10H2,1-3H3,(H,21,28). The van der Waals surface area contributed by atoms with Crippen LogP contribution in [0.25, 0.3) is 0 Å². The molecule has 0 radical (unpaired) electrons. The SMILES string of the molecule is COC(=O)c1ccc(COc2ccc(C=Nn3c(C)n[nH]c3=S)cc2OC)o1. The van der Waals surface area contributed by atoms with Crippen molar-refractivity contribution in [3.8, 4) is 11.5 Å². The van der Waals surface area contributed by atoms with Crippen molar-refractivity contribution >= 4 is 24.4 Å². The molecule has 10 heteroatoms. The van der Waals surface area contributed by atoms with Gasteiger partial charge in [-0.15, -0.1) is 0 Å². The van der Waals surface area contributed by atoms with Gasteiger partial charge in [-0.1, -0.05) is 0 Å². The lowest BCUT2D eigenvalue weighted by Crippen LogP contribution is -2.00. The highest BCUT2D eigenvalue weighted by atomic mass is 32.1. The molecule has 0 atom stereocenters. The number of ether oxygens (including phenoxy) is 3. The topological polar surface area (TPSA) is 104 Å². The van der Waals surface area contributed by atoms with E-state index in [0.29, 0.717) is 27.9 Å². The van der Waals surface area contributed by atoms with Crippen LogP contribution in [0.3, 0.4) is 0 Å². The number of hydrogen-bond acceptors (Lipinski definition) is 8. The maximum absolute atomic E-state index is 11.4. The Morgan fingerprint density at radius 1 is 1.32 bits per heavy atom. The van der Waals surface area contributed by atoms with E-state index in [2.05, 4.69) is 20.0 Å². The first-order valence-corrected chi connectivity index (χ1v) is 8.59. The zero-order valence-electron chi connectivity index (χ0n) is 15.5. The number of furan rings is 1. The molecule has 0 aliphatic carbocycles. The lowest BCUT2D eigenvalue weighted by atomic mass is 10.2. The number of carbonyl (C=O) groups excluding carboxylic acids is 1. The summed E-state index contributed by atoms with van der Waals surface area (Å²) in [6, 6.07) is 8.54. The minimum absolute atomic E-state index is 0.118. The number of rotatable bonds is 7. The van der Waals surface area contributed by atoms with E-state index in [-0.39, 0.29) is 12.4 Å². The normalized spacial score (nSPS) is 11.0. The second-order valence-corrected chi connectivity index (χ2v) is 5.98. The van der Waals surface area contributed by atoms with E-state index in [0.717, 1.165) is 5.56 Å². The minimum Gasteiger partial charge on any atom is -0.493 e. The number of nitrogens with one attached hydrogen (secondary N) is 1. The lowest BCUT2D eigenvalue weighted by Gasteiger charge is -2.10. The van der Waals surface area contributed by atoms with Crippen LogP contribution < -0.4 is 9.47 Å². The molecule has 0 fully saturated rings. The largest absolute Gasteiger partial charge is 0.493 e. The number of esters is 1. The second kappa shape index (κ2) is 8.53. The second-order valence-electron chi connectivity index (χ2n) is 5.59. The van der Waals surface area contributed by atoms with E-state index in [1.54, 1.807) is 38.4 Å². The number of aromatic amines is 1. The number of aryl methyl sites for hydroxylation is 1. The summed E-state index contributed by atoms with van der Waals surface area (Å²) in [7, 11) is 2.83. The van der Waals surface area contributed by atoms with Crippen LogP contribution in [0, 0.1) is 11.7 Å². The molecule has 3 rings (SSSR count). The predicted octanol–water partition coefficient (Wildman–Crippen LogP) is 3.10. The highest BCUT2D eigenvalue weighted by Crippen LogP contribution is 2.28. The molecular weight excluding hydrogens is 384 g/mol. The summed E-state index contributed by atoms with van der Waals surface area (Å²) in [4.78, 5) is 11.4. The molecule has 0 spiro atoms. The average molecular weight is 402 g/mol. The van der Waals surface area contributed by atoms with Crippen molar-refractivity contribution in [3.63, 3.8) is 0 Å². The van der Waals surface area contributed by atoms with E-state index < -0.39 is 5.97 Å². The summed E-state index contributed by atoms with van der Waals surface area (Å²) in [5.74, 6) is 1.76. The van der Waals surface area contributed by atoms with Gasteiger partial charge in [-0.2, -0.15) is 14.9 Å². The van der Waals surface area contributed by atoms with Gasteiger partial charge in [0.1, 0.15) is 18.2 Å². The fourth-order valence-corrected chi connectivity index (χ4v) is 2.55. The molecule has 1 aromatic carbocycles. The zero-order valence-corrected chi connectivity index (χ0v) is 16.3. The van der Waals surface area contributed by atoms with Crippen LogP contribution in [0.1, 0.15) is 27.7 Å². The quantitative estimate of drug-likeness (QED) is 0.368. The first kappa shape index (κ1) is 19.4. The van der Waals surface area contributed by atoms with E-state index in [4.69, 9.17) is 26.1 Å². The van der Waals surface area contributed by atoms with Crippen LogP contribution in [0.4, 0.5) is 0 Å². The van der Waals surface area contributed by atoms with Crippen molar-refractivity contribution in [1.29, 1.82) is 0 Å². The average Bonchev–Trinajstić information content (AvgIpc) is 3.31. The van der Waals surface area contributed by atoms with Gasteiger partial charge in [-0.05, 0) is 55.0 Å². The summed E-state index contributed by atoms with van der Waals surface area (Å²) in [6.07, 6.45) is 1.64. The van der Waals surface area contributed by atoms with Gasteiger partial charge in [0.15, 0.2) is 11.5 Å². The third-order valence-electron chi connectivity index (χ3n) is 3.74. The molecule has 0 saturated heterocycles. The van der Waals surface area contributed by atoms with Crippen LogP contribution in [0.15, 0.2) is 39.9 Å². The highest BCUT2D eigenvalue weighted by molar-refractivity contribution is 7.71. The molecule has 2 aromatic heterocycles. The molecule has 0 amide bonds. The van der Waals surface area contributed by atoms with Crippen molar-refractivity contribution in [2.45, 2.75) is 13.5 Å². The van der Waals surface area contributed by atoms with Crippen molar-refractivity contribution in [3.05, 3.63) is 58.0 Å². The smallest absolute Gasteiger partial charge is 0.373 e. The molecule has 28 heavy (non-hydrogen) atoms. The first-order valence-electron chi connectivity index (χ1n) is 8.18. The Morgan fingerprint density at radius 2 is 2.14 bits per heavy atom. The Balaban J connectivity index is 1.72. The number of aromatic nitrogens is 3. The maximum atomic E-state index is 11.4. The third-order valence-corrected chi connectivity index (χ3v) is 4.00. The zero-order chi connectivity index (χ0) is 20.1. The maximum Gasteiger partial charge on any atom is 0.373 e. The van der Waals surface area contributed by atoms with E-state index in [1.165, 1.54) is 17.9 Å². The Bertz CT molecular complexity index is 1070. The number of hydrogen-bond donors (Lipinski definition) is 1. The molecule has 1 N–H and O–H groups in total. The van der Waals surface area contributed by atoms with E-state index >= 15 is 0 Å². The summed E-state index contributed by atoms with van der Waals surface area (Å²) < 4.78 is 23.0. The molecule has 0 saturated carbocycles. The predicted molar refractivity (Wildman–Crippen MR) is 103 cm³/mol. The first-order chi connectivity index (χ1) is 13.5. The lowest BCUT2D eigenvalue weighted by molar-refractivity contribution is 0.0561. The summed E-state index contributed by atoms with van der Waals surface area (Å²) >= 11 is 5.11. The van der Waals surface area contributed by atoms with Gasteiger partial charge in [-0.25, -0.2) is 4.79 Å². The molecule has 9 nitrogen and oxygen atoms in total. The Kier molecular flexibility index (Phi) is 5.90. The fraction of sp³-hybridized carbons (Fsp3) is 0.222. The Labute approximate surface area is 165 Å². The van der Waals surface area contributed by atoms with Gasteiger partial charge in [0, 0.05) is 0 Å². The number of carbonyl (C=O) groups is 1. The van der Waals surface area contributed by atoms with Crippen LogP contribution in [0.5, 0.6) is 11.5 Å². The number of H-pyrrole nitrogens is 1. The van der Waals surface area contributed by atoms with Crippen molar-refractivity contribution in [1.82, 2.24) is 14.9 Å². The van der Waals surface area contributed by atoms with Crippen LogP contribution in [0.2, 0.25) is 0 Å².